The van der Waals surface area contributed by atoms with E-state index in [4.69, 9.17) is 30.3 Å². The Morgan fingerprint density at radius 2 is 2.00 bits per heavy atom. The number of likely N-dealkylation sites (N-methyl/N-ethyl adjacent to an activating group) is 1. The minimum absolute atomic E-state index is 0.0130. The Hall–Kier alpha value is -3.67. The van der Waals surface area contributed by atoms with Crippen molar-refractivity contribution in [2.45, 2.75) is 44.7 Å². The maximum atomic E-state index is 13.8. The molecule has 3 amide bonds. The molecule has 4 rings (SSSR count). The van der Waals surface area contributed by atoms with Gasteiger partial charge in [0.15, 0.2) is 5.79 Å². The highest BCUT2D eigenvalue weighted by Crippen LogP contribution is 2.26. The number of rotatable bonds is 9. The zero-order valence-corrected chi connectivity index (χ0v) is 22.5. The van der Waals surface area contributed by atoms with Gasteiger partial charge in [-0.15, -0.1) is 0 Å². The van der Waals surface area contributed by atoms with E-state index in [0.717, 1.165) is 5.56 Å². The van der Waals surface area contributed by atoms with Crippen LogP contribution in [0.5, 0.6) is 0 Å². The number of carbonyl (C=O) groups excluding carboxylic acids is 2. The monoisotopic (exact) mass is 560 g/mol. The number of hydrogen-bond acceptors (Lipinski definition) is 7. The second kappa shape index (κ2) is 12.5. The lowest BCUT2D eigenvalue weighted by molar-refractivity contribution is -0.140. The highest BCUT2D eigenvalue weighted by Gasteiger charge is 2.36. The first-order valence-corrected chi connectivity index (χ1v) is 12.7. The number of amides is 3. The molecule has 1 fully saturated rings. The third-order valence-corrected chi connectivity index (χ3v) is 6.57. The average Bonchev–Trinajstić information content (AvgIpc) is 3.52. The van der Waals surface area contributed by atoms with Gasteiger partial charge in [0, 0.05) is 25.2 Å². The zero-order valence-electron chi connectivity index (χ0n) is 21.8. The van der Waals surface area contributed by atoms with E-state index in [2.05, 4.69) is 15.8 Å². The van der Waals surface area contributed by atoms with Gasteiger partial charge >= 0.3 is 12.1 Å². The molecule has 10 nitrogen and oxygen atoms in total. The molecule has 1 aliphatic rings. The number of halogens is 2. The van der Waals surface area contributed by atoms with E-state index < -0.39 is 29.8 Å². The number of urea groups is 1. The van der Waals surface area contributed by atoms with Crippen molar-refractivity contribution in [1.82, 2.24) is 15.4 Å². The molecule has 0 bridgehead atoms. The molecule has 39 heavy (non-hydrogen) atoms. The first-order chi connectivity index (χ1) is 18.6. The van der Waals surface area contributed by atoms with E-state index in [1.54, 1.807) is 33.0 Å². The molecular formula is C27H30ClFN4O6. The van der Waals surface area contributed by atoms with Gasteiger partial charge in [0.1, 0.15) is 18.1 Å². The Labute approximate surface area is 230 Å². The minimum Gasteiger partial charge on any atom is -0.447 e. The molecule has 2 atom stereocenters. The van der Waals surface area contributed by atoms with Crippen molar-refractivity contribution in [1.29, 1.82) is 0 Å². The number of ether oxygens (including phenoxy) is 3. The molecule has 12 heteroatoms. The van der Waals surface area contributed by atoms with Crippen LogP contribution in [0.1, 0.15) is 25.8 Å². The lowest BCUT2D eigenvalue weighted by Crippen LogP contribution is -2.47. The maximum Gasteiger partial charge on any atom is 0.414 e. The number of nitrogens with one attached hydrogen (secondary N) is 2. The molecule has 2 aromatic carbocycles. The third-order valence-electron chi connectivity index (χ3n) is 6.14. The molecule has 2 heterocycles. The zero-order chi connectivity index (χ0) is 28.0. The highest BCUT2D eigenvalue weighted by atomic mass is 35.5. The van der Waals surface area contributed by atoms with E-state index >= 15 is 0 Å². The Morgan fingerprint density at radius 3 is 2.72 bits per heavy atom. The predicted molar refractivity (Wildman–Crippen MR) is 142 cm³/mol. The van der Waals surface area contributed by atoms with Crippen LogP contribution in [0.2, 0.25) is 5.02 Å². The summed E-state index contributed by atoms with van der Waals surface area (Å²) < 4.78 is 35.9. The number of benzene rings is 2. The summed E-state index contributed by atoms with van der Waals surface area (Å²) in [6.07, 6.45) is -0.769. The van der Waals surface area contributed by atoms with Crippen molar-refractivity contribution < 1.29 is 32.7 Å². The second-order valence-electron chi connectivity index (χ2n) is 9.49. The fraction of sp³-hybridized carbons (Fsp3) is 0.370. The fourth-order valence-electron chi connectivity index (χ4n) is 4.05. The second-order valence-corrected chi connectivity index (χ2v) is 9.87. The van der Waals surface area contributed by atoms with Gasteiger partial charge in [0.2, 0.25) is 5.88 Å². The van der Waals surface area contributed by atoms with Gasteiger partial charge in [0.05, 0.1) is 23.8 Å². The van der Waals surface area contributed by atoms with Crippen LogP contribution in [0.25, 0.3) is 11.3 Å². The minimum atomic E-state index is -0.778. The van der Waals surface area contributed by atoms with Crippen molar-refractivity contribution in [3.05, 3.63) is 71.0 Å². The van der Waals surface area contributed by atoms with E-state index in [9.17, 15) is 14.0 Å². The SMILES string of the molecule is CN(C(=O)NCc1cccc(F)c1Cl)[C@@H](COC(=O)Nc1cc(-c2ccccc2)no1)C[C@@H]1COC(C)(C)O1. The van der Waals surface area contributed by atoms with Gasteiger partial charge in [-0.2, -0.15) is 0 Å². The van der Waals surface area contributed by atoms with E-state index in [1.165, 1.54) is 17.0 Å². The Bertz CT molecular complexity index is 1290. The van der Waals surface area contributed by atoms with E-state index in [-0.39, 0.29) is 30.2 Å². The average molecular weight is 561 g/mol. The van der Waals surface area contributed by atoms with Gasteiger partial charge in [-0.05, 0) is 31.9 Å². The largest absolute Gasteiger partial charge is 0.447 e. The van der Waals surface area contributed by atoms with Crippen LogP contribution >= 0.6 is 11.6 Å². The first-order valence-electron chi connectivity index (χ1n) is 12.3. The molecule has 0 spiro atoms. The van der Waals surface area contributed by atoms with Crippen molar-refractivity contribution in [2.24, 2.45) is 0 Å². The first kappa shape index (κ1) is 28.3. The summed E-state index contributed by atoms with van der Waals surface area (Å²) in [6.45, 7) is 3.79. The molecule has 2 N–H and O–H groups in total. The van der Waals surface area contributed by atoms with Crippen LogP contribution in [0.4, 0.5) is 19.9 Å². The van der Waals surface area contributed by atoms with Crippen LogP contribution in [-0.4, -0.2) is 60.4 Å². The molecule has 1 aromatic heterocycles. The van der Waals surface area contributed by atoms with Crippen molar-refractivity contribution in [3.8, 4) is 11.3 Å². The maximum absolute atomic E-state index is 13.8. The molecule has 208 valence electrons. The summed E-state index contributed by atoms with van der Waals surface area (Å²) in [5, 5.41) is 9.12. The van der Waals surface area contributed by atoms with Gasteiger partial charge in [-0.25, -0.2) is 14.0 Å². The van der Waals surface area contributed by atoms with E-state index in [1.807, 2.05) is 30.3 Å². The Morgan fingerprint density at radius 1 is 1.23 bits per heavy atom. The lowest BCUT2D eigenvalue weighted by atomic mass is 10.1. The van der Waals surface area contributed by atoms with Gasteiger partial charge in [-0.1, -0.05) is 59.2 Å². The summed E-state index contributed by atoms with van der Waals surface area (Å²) >= 11 is 6.00. The quantitative estimate of drug-likeness (QED) is 0.358. The Kier molecular flexibility index (Phi) is 9.05. The molecule has 0 radical (unpaired) electrons. The van der Waals surface area contributed by atoms with Gasteiger partial charge in [0.25, 0.3) is 0 Å². The van der Waals surface area contributed by atoms with Crippen LogP contribution in [0.3, 0.4) is 0 Å². The summed E-state index contributed by atoms with van der Waals surface area (Å²) in [5.74, 6) is -1.22. The molecule has 1 saturated heterocycles. The lowest BCUT2D eigenvalue weighted by Gasteiger charge is -2.30. The highest BCUT2D eigenvalue weighted by molar-refractivity contribution is 6.31. The van der Waals surface area contributed by atoms with Gasteiger partial charge < -0.3 is 29.0 Å². The molecule has 0 unspecified atom stereocenters. The van der Waals surface area contributed by atoms with Crippen LogP contribution in [-0.2, 0) is 20.8 Å². The van der Waals surface area contributed by atoms with Gasteiger partial charge in [-0.3, -0.25) is 5.32 Å². The smallest absolute Gasteiger partial charge is 0.414 e. The molecule has 0 saturated carbocycles. The van der Waals surface area contributed by atoms with Crippen molar-refractivity contribution >= 4 is 29.6 Å². The normalized spacial score (nSPS) is 16.9. The third kappa shape index (κ3) is 7.69. The summed E-state index contributed by atoms with van der Waals surface area (Å²) in [5.41, 5.74) is 1.82. The predicted octanol–water partition coefficient (Wildman–Crippen LogP) is 5.43. The van der Waals surface area contributed by atoms with Crippen molar-refractivity contribution in [2.75, 3.05) is 25.6 Å². The molecular weight excluding hydrogens is 531 g/mol. The number of anilines is 1. The summed E-state index contributed by atoms with van der Waals surface area (Å²) in [4.78, 5) is 26.9. The number of hydrogen-bond donors (Lipinski definition) is 2. The van der Waals surface area contributed by atoms with Crippen LogP contribution in [0.15, 0.2) is 59.1 Å². The number of aromatic nitrogens is 1. The molecule has 3 aromatic rings. The molecule has 0 aliphatic carbocycles. The fourth-order valence-corrected chi connectivity index (χ4v) is 4.25. The topological polar surface area (TPSA) is 115 Å². The van der Waals surface area contributed by atoms with Crippen molar-refractivity contribution in [3.63, 3.8) is 0 Å². The van der Waals surface area contributed by atoms with Crippen LogP contribution < -0.4 is 10.6 Å². The number of carbonyl (C=O) groups is 2. The Balaban J connectivity index is 1.36. The van der Waals surface area contributed by atoms with E-state index in [0.29, 0.717) is 24.3 Å². The summed E-state index contributed by atoms with van der Waals surface area (Å²) in [7, 11) is 1.57. The standard InChI is InChI=1S/C27H30ClFN4O6/c1-27(2)37-16-20(38-27)12-19(33(3)25(34)30-14-18-10-7-11-21(29)24(18)28)15-36-26(35)31-23-13-22(32-39-23)17-8-5-4-6-9-17/h4-11,13,19-20H,12,14-16H2,1-3H3,(H,30,34)(H,31,35)/t19-,20-/m1/s1. The molecule has 1 aliphatic heterocycles. The summed E-state index contributed by atoms with van der Waals surface area (Å²) in [6, 6.07) is 14.3. The number of nitrogens with zero attached hydrogens (tertiary/aromatic N) is 2. The van der Waals surface area contributed by atoms with Crippen LogP contribution in [0, 0.1) is 5.82 Å².